The van der Waals surface area contributed by atoms with Gasteiger partial charge >= 0.3 is 6.09 Å². The fourth-order valence-electron chi connectivity index (χ4n) is 11.7. The maximum Gasteiger partial charge on any atom is 0.421 e. The van der Waals surface area contributed by atoms with E-state index in [0.717, 1.165) is 83.0 Å². The Balaban J connectivity index is 1.06. The second kappa shape index (κ2) is 12.8. The predicted molar refractivity (Wildman–Crippen MR) is 184 cm³/mol. The minimum absolute atomic E-state index is 0.0367. The van der Waals surface area contributed by atoms with E-state index in [-0.39, 0.29) is 52.3 Å². The van der Waals surface area contributed by atoms with E-state index in [0.29, 0.717) is 29.1 Å². The molecule has 1 aromatic rings. The molecule has 6 rings (SSSR count). The van der Waals surface area contributed by atoms with E-state index in [4.69, 9.17) is 4.74 Å². The molecule has 0 radical (unpaired) electrons. The van der Waals surface area contributed by atoms with E-state index >= 15 is 0 Å². The van der Waals surface area contributed by atoms with Crippen molar-refractivity contribution in [2.24, 2.45) is 57.7 Å². The summed E-state index contributed by atoms with van der Waals surface area (Å²) >= 11 is 0. The monoisotopic (exact) mass is 672 g/mol. The summed E-state index contributed by atoms with van der Waals surface area (Å²) in [5, 5.41) is 22.5. The van der Waals surface area contributed by atoms with Gasteiger partial charge in [0.1, 0.15) is 0 Å². The lowest BCUT2D eigenvalue weighted by atomic mass is 9.41. The third kappa shape index (κ3) is 6.35. The normalized spacial score (nSPS) is 40.5. The maximum absolute atomic E-state index is 13.1. The fourth-order valence-corrected chi connectivity index (χ4v) is 12.6. The summed E-state index contributed by atoms with van der Waals surface area (Å²) in [5.74, 6) is 2.13. The number of benzene rings is 1. The van der Waals surface area contributed by atoms with Crippen molar-refractivity contribution in [1.29, 1.82) is 0 Å². The summed E-state index contributed by atoms with van der Waals surface area (Å²) < 4.78 is 33.8. The number of fused-ring (bicyclic) bond motifs is 5. The number of amides is 1. The minimum atomic E-state index is -4.06. The highest BCUT2D eigenvalue weighted by Gasteiger charge is 2.65. The molecule has 0 aromatic heterocycles. The zero-order valence-corrected chi connectivity index (χ0v) is 30.4. The quantitative estimate of drug-likeness (QED) is 0.286. The molecule has 4 saturated carbocycles. The first-order chi connectivity index (χ1) is 22.1. The number of nitrogens with one attached hydrogen (secondary N) is 1. The Bertz CT molecular complexity index is 1390. The number of carbonyl (C=O) groups excluding carboxylic acids is 1. The van der Waals surface area contributed by atoms with Crippen molar-refractivity contribution >= 4 is 21.8 Å². The van der Waals surface area contributed by atoms with Crippen molar-refractivity contribution in [1.82, 2.24) is 4.72 Å². The lowest BCUT2D eigenvalue weighted by Crippen LogP contribution is -2.62. The molecule has 3 N–H and O–H groups in total. The molecule has 5 aliphatic rings. The predicted octanol–water partition coefficient (Wildman–Crippen LogP) is 6.99. The molecule has 1 aliphatic heterocycles. The number of nitrogens with zero attached hydrogens (tertiary/aromatic N) is 1. The maximum atomic E-state index is 13.1. The summed E-state index contributed by atoms with van der Waals surface area (Å²) in [5.41, 5.74) is 1.52. The molecule has 8 nitrogen and oxygen atoms in total. The van der Waals surface area contributed by atoms with Gasteiger partial charge in [-0.1, -0.05) is 48.0 Å². The third-order valence-electron chi connectivity index (χ3n) is 14.5. The zero-order chi connectivity index (χ0) is 33.9. The van der Waals surface area contributed by atoms with Gasteiger partial charge < -0.3 is 19.8 Å². The highest BCUT2D eigenvalue weighted by molar-refractivity contribution is 7.90. The third-order valence-corrected chi connectivity index (χ3v) is 15.8. The van der Waals surface area contributed by atoms with Crippen LogP contribution in [-0.2, 0) is 14.8 Å². The molecular formula is C38H60N2O6S. The average molecular weight is 673 g/mol. The van der Waals surface area contributed by atoms with Crippen LogP contribution in [0.1, 0.15) is 106 Å². The van der Waals surface area contributed by atoms with Gasteiger partial charge in [-0.2, -0.15) is 0 Å². The lowest BCUT2D eigenvalue weighted by Gasteiger charge is -2.64. The van der Waals surface area contributed by atoms with Crippen LogP contribution in [0.2, 0.25) is 0 Å². The van der Waals surface area contributed by atoms with Crippen LogP contribution in [0.25, 0.3) is 0 Å². The zero-order valence-electron chi connectivity index (χ0n) is 29.6. The highest BCUT2D eigenvalue weighted by atomic mass is 32.2. The summed E-state index contributed by atoms with van der Waals surface area (Å²) in [4.78, 5) is 15.1. The number of ether oxygens (including phenoxy) is 1. The number of aliphatic hydroxyl groups excluding tert-OH is 2. The first kappa shape index (κ1) is 35.0. The van der Waals surface area contributed by atoms with E-state index in [9.17, 15) is 23.4 Å². The molecule has 1 aromatic carbocycles. The minimum Gasteiger partial charge on any atom is -0.449 e. The van der Waals surface area contributed by atoms with E-state index in [2.05, 4.69) is 51.2 Å². The Morgan fingerprint density at radius 2 is 1.57 bits per heavy atom. The van der Waals surface area contributed by atoms with Crippen LogP contribution in [0.3, 0.4) is 0 Å². The smallest absolute Gasteiger partial charge is 0.421 e. The number of piperidine rings is 1. The number of carbonyl (C=O) groups is 1. The number of hydrogen-bond donors (Lipinski definition) is 3. The number of rotatable bonds is 7. The first-order valence-corrected chi connectivity index (χ1v) is 20.0. The summed E-state index contributed by atoms with van der Waals surface area (Å²) in [7, 11) is -4.06. The topological polar surface area (TPSA) is 116 Å². The van der Waals surface area contributed by atoms with Crippen molar-refractivity contribution in [3.8, 4) is 0 Å². The van der Waals surface area contributed by atoms with Crippen molar-refractivity contribution in [2.75, 3.05) is 24.6 Å². The van der Waals surface area contributed by atoms with Crippen LogP contribution in [0.15, 0.2) is 29.2 Å². The standard InChI is InChI=1S/C38H60N2O6S/c1-7-28-32-22-26(41)14-16-38(32,6)31-15-17-37(5)29(12-13-30(37)33(31)34(28)42)24(2)23-46-35(43)39-47(44,45)27-10-8-25(9-11-27)40-20-18-36(3,4)19-21-40/h8-11,24,26,28-34,41-42H,7,12-23H2,1-6H3,(H,39,43)/t24-,26-,28-,29-,30+,31+,32+,33+,34-,37-,38-/m1/s1. The van der Waals surface area contributed by atoms with Crippen LogP contribution in [0.5, 0.6) is 0 Å². The van der Waals surface area contributed by atoms with Crippen molar-refractivity contribution < 1.29 is 28.2 Å². The SMILES string of the molecule is CC[C@H]1[C@@H](O)[C@@H]2[C@H](CC[C@]3(C)[C@@H]([C@H](C)COC(=O)NS(=O)(=O)c4ccc(N5CCC(C)(C)CC5)cc4)CC[C@@H]23)[C@@]2(C)CC[C@@H](O)C[C@@H]12. The van der Waals surface area contributed by atoms with Crippen LogP contribution in [0, 0.1) is 57.7 Å². The largest absolute Gasteiger partial charge is 0.449 e. The Morgan fingerprint density at radius 1 is 0.936 bits per heavy atom. The molecule has 47 heavy (non-hydrogen) atoms. The molecule has 4 aliphatic carbocycles. The van der Waals surface area contributed by atoms with E-state index in [1.165, 1.54) is 0 Å². The van der Waals surface area contributed by atoms with Crippen molar-refractivity contribution in [3.05, 3.63) is 24.3 Å². The second-order valence-electron chi connectivity index (χ2n) is 17.4. The lowest BCUT2D eigenvalue weighted by molar-refractivity contribution is -0.203. The fraction of sp³-hybridized carbons (Fsp3) is 0.816. The summed E-state index contributed by atoms with van der Waals surface area (Å²) in [6.07, 6.45) is 8.58. The molecule has 11 atom stereocenters. The molecule has 1 saturated heterocycles. The Kier molecular flexibility index (Phi) is 9.53. The first-order valence-electron chi connectivity index (χ1n) is 18.5. The van der Waals surface area contributed by atoms with Crippen LogP contribution in [0.4, 0.5) is 10.5 Å². The van der Waals surface area contributed by atoms with Gasteiger partial charge in [-0.3, -0.25) is 0 Å². The highest BCUT2D eigenvalue weighted by Crippen LogP contribution is 2.69. The van der Waals surface area contributed by atoms with Gasteiger partial charge in [0.05, 0.1) is 23.7 Å². The summed E-state index contributed by atoms with van der Waals surface area (Å²) in [6.45, 7) is 15.8. The number of aliphatic hydroxyl groups is 2. The van der Waals surface area contributed by atoms with Crippen LogP contribution < -0.4 is 9.62 Å². The van der Waals surface area contributed by atoms with Crippen LogP contribution in [-0.4, -0.2) is 56.6 Å². The van der Waals surface area contributed by atoms with E-state index < -0.39 is 16.1 Å². The van der Waals surface area contributed by atoms with Gasteiger partial charge in [0.2, 0.25) is 0 Å². The molecule has 0 bridgehead atoms. The number of sulfonamides is 1. The molecule has 0 spiro atoms. The van der Waals surface area contributed by atoms with Gasteiger partial charge in [-0.05, 0) is 140 Å². The van der Waals surface area contributed by atoms with Gasteiger partial charge in [0.15, 0.2) is 0 Å². The number of hydrogen-bond acceptors (Lipinski definition) is 7. The molecule has 264 valence electrons. The number of anilines is 1. The molecule has 1 heterocycles. The van der Waals surface area contributed by atoms with Gasteiger partial charge in [0.25, 0.3) is 10.0 Å². The van der Waals surface area contributed by atoms with Crippen molar-refractivity contribution in [3.63, 3.8) is 0 Å². The average Bonchev–Trinajstić information content (AvgIpc) is 3.38. The summed E-state index contributed by atoms with van der Waals surface area (Å²) in [6, 6.07) is 6.75. The van der Waals surface area contributed by atoms with Gasteiger partial charge in [-0.25, -0.2) is 17.9 Å². The molecule has 5 fully saturated rings. The van der Waals surface area contributed by atoms with Gasteiger partial charge in [-0.15, -0.1) is 0 Å². The second-order valence-corrected chi connectivity index (χ2v) is 19.1. The van der Waals surface area contributed by atoms with Gasteiger partial charge in [0, 0.05) is 18.8 Å². The van der Waals surface area contributed by atoms with E-state index in [1.807, 2.05) is 12.1 Å². The van der Waals surface area contributed by atoms with Crippen molar-refractivity contribution in [2.45, 2.75) is 123 Å². The van der Waals surface area contributed by atoms with Crippen LogP contribution >= 0.6 is 0 Å². The van der Waals surface area contributed by atoms with E-state index in [1.54, 1.807) is 12.1 Å². The molecular weight excluding hydrogens is 612 g/mol. The Labute approximate surface area is 283 Å². The molecule has 9 heteroatoms. The Morgan fingerprint density at radius 3 is 2.23 bits per heavy atom. The molecule has 1 amide bonds. The Hall–Kier alpha value is -1.84. The molecule has 0 unspecified atom stereocenters.